The lowest BCUT2D eigenvalue weighted by molar-refractivity contribution is -0.0472. The van der Waals surface area contributed by atoms with Gasteiger partial charge in [0.15, 0.2) is 0 Å². The summed E-state index contributed by atoms with van der Waals surface area (Å²) in [7, 11) is 0. The second-order valence-electron chi connectivity index (χ2n) is 2.50. The third-order valence-corrected chi connectivity index (χ3v) is 1.35. The fraction of sp³-hybridized carbons (Fsp3) is 0.875. The van der Waals surface area contributed by atoms with Crippen LogP contribution in [0.25, 0.3) is 0 Å². The molecule has 1 fully saturated rings. The highest BCUT2D eigenvalue weighted by molar-refractivity contribution is 4.84. The van der Waals surface area contributed by atoms with Crippen LogP contribution in [0.4, 0.5) is 0 Å². The average Bonchev–Trinajstić information content (AvgIpc) is 2.80. The molecular weight excluding hydrogens is 144 g/mol. The second-order valence-corrected chi connectivity index (χ2v) is 2.50. The van der Waals surface area contributed by atoms with Gasteiger partial charge in [-0.25, -0.2) is 0 Å². The van der Waals surface area contributed by atoms with E-state index in [1.165, 1.54) is 0 Å². The Hall–Kier alpha value is -0.120. The van der Waals surface area contributed by atoms with E-state index in [1.54, 1.807) is 0 Å². The van der Waals surface area contributed by atoms with Gasteiger partial charge in [0.05, 0.1) is 0 Å². The smallest absolute Gasteiger partial charge is 0.143 e. The number of rotatable bonds is 7. The van der Waals surface area contributed by atoms with Crippen LogP contribution in [0.1, 0.15) is 13.3 Å². The van der Waals surface area contributed by atoms with Gasteiger partial charge in [0.25, 0.3) is 0 Å². The lowest BCUT2D eigenvalue weighted by Crippen LogP contribution is -2.04. The van der Waals surface area contributed by atoms with Gasteiger partial charge in [0.1, 0.15) is 6.79 Å². The lowest BCUT2D eigenvalue weighted by Gasteiger charge is -2.09. The van der Waals surface area contributed by atoms with E-state index >= 15 is 0 Å². The predicted molar refractivity (Wildman–Crippen MR) is 41.1 cm³/mol. The van der Waals surface area contributed by atoms with Gasteiger partial charge in [0.2, 0.25) is 0 Å². The van der Waals surface area contributed by atoms with Crippen molar-refractivity contribution >= 4 is 0 Å². The van der Waals surface area contributed by atoms with E-state index in [-0.39, 0.29) is 0 Å². The number of hydrogen-bond acceptors (Lipinski definition) is 3. The van der Waals surface area contributed by atoms with Gasteiger partial charge in [0, 0.05) is 13.2 Å². The summed E-state index contributed by atoms with van der Waals surface area (Å²) in [6, 6.07) is 0. The minimum absolute atomic E-state index is 0.348. The molecule has 0 bridgehead atoms. The Bertz CT molecular complexity index is 91.3. The summed E-state index contributed by atoms with van der Waals surface area (Å²) in [4.78, 5) is 0. The largest absolute Gasteiger partial charge is 0.408 e. The van der Waals surface area contributed by atoms with Crippen molar-refractivity contribution in [2.45, 2.75) is 19.4 Å². The number of epoxide rings is 1. The maximum Gasteiger partial charge on any atom is 0.143 e. The molecule has 66 valence electrons. The molecule has 1 aliphatic heterocycles. The molecule has 1 atom stereocenters. The van der Waals surface area contributed by atoms with Crippen LogP contribution in [-0.4, -0.2) is 32.7 Å². The maximum absolute atomic E-state index is 5.13. The zero-order chi connectivity index (χ0) is 7.94. The summed E-state index contributed by atoms with van der Waals surface area (Å²) in [5, 5.41) is 0. The molecule has 3 nitrogen and oxygen atoms in total. The first kappa shape index (κ1) is 8.97. The monoisotopic (exact) mass is 159 g/mol. The van der Waals surface area contributed by atoms with E-state index in [0.29, 0.717) is 19.5 Å². The van der Waals surface area contributed by atoms with E-state index in [2.05, 4.69) is 6.92 Å². The van der Waals surface area contributed by atoms with Crippen LogP contribution in [0.2, 0.25) is 0 Å². The van der Waals surface area contributed by atoms with Crippen molar-refractivity contribution in [3.63, 3.8) is 0 Å². The summed E-state index contributed by atoms with van der Waals surface area (Å²) in [5.41, 5.74) is 0. The van der Waals surface area contributed by atoms with Crippen molar-refractivity contribution in [1.82, 2.24) is 0 Å². The minimum Gasteiger partial charge on any atom is -0.408 e. The molecule has 11 heavy (non-hydrogen) atoms. The Kier molecular flexibility index (Phi) is 4.50. The van der Waals surface area contributed by atoms with Gasteiger partial charge >= 0.3 is 0 Å². The van der Waals surface area contributed by atoms with Crippen LogP contribution >= 0.6 is 0 Å². The van der Waals surface area contributed by atoms with E-state index in [0.717, 1.165) is 19.6 Å². The van der Waals surface area contributed by atoms with Crippen molar-refractivity contribution < 1.29 is 14.2 Å². The standard InChI is InChI=1S/C8H15O3/c1-2-4-9-7-10-5-3-8-6-11-8/h3,8H,2,4-7H2,1H3/q-1. The molecular formula is C8H15O3-. The van der Waals surface area contributed by atoms with Gasteiger partial charge in [-0.2, -0.15) is 0 Å². The molecule has 0 aromatic rings. The topological polar surface area (TPSA) is 31.0 Å². The molecule has 0 amide bonds. The first-order valence-electron chi connectivity index (χ1n) is 4.04. The molecule has 0 aromatic heterocycles. The van der Waals surface area contributed by atoms with Crippen LogP contribution in [0.3, 0.4) is 0 Å². The zero-order valence-electron chi connectivity index (χ0n) is 6.91. The SMILES string of the molecule is CCCOCOC[CH-]C1CO1. The summed E-state index contributed by atoms with van der Waals surface area (Å²) in [6.07, 6.45) is 3.40. The first-order chi connectivity index (χ1) is 5.43. The van der Waals surface area contributed by atoms with Gasteiger partial charge in [-0.15, -0.1) is 0 Å². The maximum atomic E-state index is 5.13. The summed E-state index contributed by atoms with van der Waals surface area (Å²) in [6.45, 7) is 4.74. The molecule has 1 heterocycles. The van der Waals surface area contributed by atoms with Crippen molar-refractivity contribution in [3.05, 3.63) is 6.42 Å². The van der Waals surface area contributed by atoms with Crippen molar-refractivity contribution in [2.75, 3.05) is 26.6 Å². The van der Waals surface area contributed by atoms with E-state index < -0.39 is 0 Å². The molecule has 1 rings (SSSR count). The summed E-state index contributed by atoms with van der Waals surface area (Å²) in [5.74, 6) is 0. The van der Waals surface area contributed by atoms with Crippen LogP contribution in [0, 0.1) is 6.42 Å². The van der Waals surface area contributed by atoms with Gasteiger partial charge in [-0.1, -0.05) is 13.5 Å². The van der Waals surface area contributed by atoms with Crippen molar-refractivity contribution in [2.24, 2.45) is 0 Å². The van der Waals surface area contributed by atoms with Crippen LogP contribution in [-0.2, 0) is 14.2 Å². The summed E-state index contributed by atoms with van der Waals surface area (Å²) < 4.78 is 15.2. The Morgan fingerprint density at radius 1 is 1.55 bits per heavy atom. The minimum atomic E-state index is 0.348. The zero-order valence-corrected chi connectivity index (χ0v) is 6.91. The normalized spacial score (nSPS) is 22.1. The second kappa shape index (κ2) is 5.52. The van der Waals surface area contributed by atoms with Crippen LogP contribution < -0.4 is 0 Å². The highest BCUT2D eigenvalue weighted by Crippen LogP contribution is 2.11. The lowest BCUT2D eigenvalue weighted by atomic mass is 10.4. The van der Waals surface area contributed by atoms with E-state index in [4.69, 9.17) is 14.2 Å². The predicted octanol–water partition coefficient (Wildman–Crippen LogP) is 0.990. The molecule has 0 aromatic carbocycles. The van der Waals surface area contributed by atoms with Crippen molar-refractivity contribution in [1.29, 1.82) is 0 Å². The molecule has 0 aliphatic carbocycles. The fourth-order valence-electron chi connectivity index (χ4n) is 0.677. The van der Waals surface area contributed by atoms with Gasteiger partial charge in [-0.3, -0.25) is 6.42 Å². The quantitative estimate of drug-likeness (QED) is 0.240. The molecule has 1 unspecified atom stereocenters. The highest BCUT2D eigenvalue weighted by Gasteiger charge is 2.11. The fourth-order valence-corrected chi connectivity index (χ4v) is 0.677. The molecule has 0 saturated carbocycles. The highest BCUT2D eigenvalue weighted by atomic mass is 16.7. The third kappa shape index (κ3) is 5.18. The molecule has 1 aliphatic rings. The molecule has 0 radical (unpaired) electrons. The number of ether oxygens (including phenoxy) is 3. The van der Waals surface area contributed by atoms with E-state index in [9.17, 15) is 0 Å². The first-order valence-corrected chi connectivity index (χ1v) is 4.04. The van der Waals surface area contributed by atoms with Crippen LogP contribution in [0.5, 0.6) is 0 Å². The Morgan fingerprint density at radius 2 is 2.36 bits per heavy atom. The average molecular weight is 159 g/mol. The van der Waals surface area contributed by atoms with E-state index in [1.807, 2.05) is 6.42 Å². The summed E-state index contributed by atoms with van der Waals surface area (Å²) >= 11 is 0. The van der Waals surface area contributed by atoms with Gasteiger partial charge < -0.3 is 14.2 Å². The Labute approximate surface area is 67.6 Å². The van der Waals surface area contributed by atoms with Crippen molar-refractivity contribution in [3.8, 4) is 0 Å². The Morgan fingerprint density at radius 3 is 3.00 bits per heavy atom. The molecule has 0 N–H and O–H groups in total. The Balaban J connectivity index is 1.66. The van der Waals surface area contributed by atoms with Gasteiger partial charge in [-0.05, 0) is 12.5 Å². The number of hydrogen-bond donors (Lipinski definition) is 0. The molecule has 1 saturated heterocycles. The van der Waals surface area contributed by atoms with Crippen LogP contribution in [0.15, 0.2) is 0 Å². The third-order valence-electron chi connectivity index (χ3n) is 1.35. The molecule has 0 spiro atoms. The molecule has 3 heteroatoms.